The first-order valence-electron chi connectivity index (χ1n) is 8.31. The fourth-order valence-electron chi connectivity index (χ4n) is 2.14. The number of hydrogen-bond donors (Lipinski definition) is 2. The zero-order valence-corrected chi connectivity index (χ0v) is 16.0. The van der Waals surface area contributed by atoms with Crippen molar-refractivity contribution in [1.82, 2.24) is 0 Å². The number of hydrogen-bond acceptors (Lipinski definition) is 4. The smallest absolute Gasteiger partial charge is 0.318 e. The molecule has 2 N–H and O–H groups in total. The summed E-state index contributed by atoms with van der Waals surface area (Å²) in [5, 5.41) is 1.73. The third kappa shape index (κ3) is 6.75. The largest absolute Gasteiger partial charge is 0.471 e. The molecular formula is C19H17F3N2O4S. The molecule has 0 aliphatic rings. The lowest BCUT2D eigenvalue weighted by Crippen LogP contribution is -2.29. The van der Waals surface area contributed by atoms with Crippen LogP contribution in [0.5, 0.6) is 0 Å². The summed E-state index contributed by atoms with van der Waals surface area (Å²) in [5.41, 5.74) is 0.961. The average Bonchev–Trinajstić information content (AvgIpc) is 2.66. The van der Waals surface area contributed by atoms with Crippen molar-refractivity contribution < 1.29 is 31.2 Å². The molecule has 0 aromatic heterocycles. The van der Waals surface area contributed by atoms with Crippen LogP contribution in [0.3, 0.4) is 0 Å². The first kappa shape index (κ1) is 22.2. The van der Waals surface area contributed by atoms with Gasteiger partial charge in [0.15, 0.2) is 5.78 Å². The third-order valence-electron chi connectivity index (χ3n) is 3.65. The Morgan fingerprint density at radius 1 is 1.03 bits per heavy atom. The monoisotopic (exact) mass is 426 g/mol. The third-order valence-corrected chi connectivity index (χ3v) is 4.96. The van der Waals surface area contributed by atoms with Crippen LogP contribution in [-0.2, 0) is 14.8 Å². The zero-order chi connectivity index (χ0) is 21.7. The number of alkyl halides is 3. The molecule has 29 heavy (non-hydrogen) atoms. The van der Waals surface area contributed by atoms with Gasteiger partial charge < -0.3 is 5.32 Å². The molecular weight excluding hydrogens is 409 g/mol. The van der Waals surface area contributed by atoms with E-state index in [1.807, 2.05) is 0 Å². The first-order valence-corrected chi connectivity index (χ1v) is 9.96. The quantitative estimate of drug-likeness (QED) is 0.520. The van der Waals surface area contributed by atoms with E-state index in [2.05, 4.69) is 4.72 Å². The lowest BCUT2D eigenvalue weighted by Gasteiger charge is -2.08. The second-order valence-corrected chi connectivity index (χ2v) is 7.87. The molecule has 0 saturated heterocycles. The Balaban J connectivity index is 2.07. The van der Waals surface area contributed by atoms with Crippen LogP contribution in [0.15, 0.2) is 54.6 Å². The van der Waals surface area contributed by atoms with E-state index in [4.69, 9.17) is 0 Å². The molecule has 2 aromatic rings. The van der Waals surface area contributed by atoms with Crippen molar-refractivity contribution in [3.63, 3.8) is 0 Å². The summed E-state index contributed by atoms with van der Waals surface area (Å²) in [6, 6.07) is 11.3. The molecule has 0 saturated carbocycles. The number of nitrogens with one attached hydrogen (secondary N) is 2. The number of benzene rings is 2. The van der Waals surface area contributed by atoms with Crippen molar-refractivity contribution in [2.75, 3.05) is 15.8 Å². The Bertz CT molecular complexity index is 1030. The summed E-state index contributed by atoms with van der Waals surface area (Å²) < 4.78 is 62.3. The topological polar surface area (TPSA) is 92.3 Å². The van der Waals surface area contributed by atoms with E-state index in [9.17, 15) is 31.2 Å². The molecule has 1 amide bonds. The lowest BCUT2D eigenvalue weighted by molar-refractivity contribution is -0.167. The molecule has 2 rings (SSSR count). The standard InChI is InChI=1S/C19H17F3N2O4S/c1-2-29(27,28)24-15-9-7-14(8-10-15)17(25)11-6-13-4-3-5-16(12-13)23-18(26)19(20,21)22/h3-12,24H,2H2,1H3,(H,23,26). The zero-order valence-electron chi connectivity index (χ0n) is 15.2. The SMILES string of the molecule is CCS(=O)(=O)Nc1ccc(C(=O)C=Cc2cccc(NC(=O)C(F)(F)F)c2)cc1. The summed E-state index contributed by atoms with van der Waals surface area (Å²) in [7, 11) is -3.42. The van der Waals surface area contributed by atoms with E-state index >= 15 is 0 Å². The highest BCUT2D eigenvalue weighted by atomic mass is 32.2. The summed E-state index contributed by atoms with van der Waals surface area (Å²) in [4.78, 5) is 23.2. The Labute approximate surface area is 165 Å². The number of carbonyl (C=O) groups is 2. The van der Waals surface area contributed by atoms with Gasteiger partial charge in [-0.25, -0.2) is 8.42 Å². The molecule has 10 heteroatoms. The van der Waals surface area contributed by atoms with Crippen molar-refractivity contribution in [2.24, 2.45) is 0 Å². The molecule has 0 bridgehead atoms. The van der Waals surface area contributed by atoms with Gasteiger partial charge in [-0.15, -0.1) is 0 Å². The average molecular weight is 426 g/mol. The van der Waals surface area contributed by atoms with E-state index in [0.29, 0.717) is 16.8 Å². The number of halogens is 3. The molecule has 2 aromatic carbocycles. The predicted octanol–water partition coefficient (Wildman–Crippen LogP) is 3.85. The molecule has 0 fully saturated rings. The van der Waals surface area contributed by atoms with E-state index in [0.717, 1.165) is 0 Å². The number of ketones is 1. The summed E-state index contributed by atoms with van der Waals surface area (Å²) in [5.74, 6) is -2.56. The predicted molar refractivity (Wildman–Crippen MR) is 104 cm³/mol. The van der Waals surface area contributed by atoms with Crippen LogP contribution in [0.1, 0.15) is 22.8 Å². The van der Waals surface area contributed by atoms with Crippen molar-refractivity contribution in [2.45, 2.75) is 13.1 Å². The van der Waals surface area contributed by atoms with Gasteiger partial charge in [-0.05, 0) is 55.0 Å². The van der Waals surface area contributed by atoms with Gasteiger partial charge >= 0.3 is 12.1 Å². The Hall–Kier alpha value is -3.14. The molecule has 0 atom stereocenters. The first-order chi connectivity index (χ1) is 13.5. The van der Waals surface area contributed by atoms with Gasteiger partial charge in [-0.3, -0.25) is 14.3 Å². The highest BCUT2D eigenvalue weighted by Crippen LogP contribution is 2.19. The molecule has 0 aliphatic heterocycles. The van der Waals surface area contributed by atoms with Gasteiger partial charge in [0.25, 0.3) is 0 Å². The maximum atomic E-state index is 12.3. The van der Waals surface area contributed by atoms with Gasteiger partial charge in [0, 0.05) is 16.9 Å². The molecule has 0 aliphatic carbocycles. The number of allylic oxidation sites excluding steroid dienone is 1. The Morgan fingerprint density at radius 3 is 2.28 bits per heavy atom. The van der Waals surface area contributed by atoms with Crippen LogP contribution in [0.2, 0.25) is 0 Å². The van der Waals surface area contributed by atoms with Gasteiger partial charge in [0.2, 0.25) is 10.0 Å². The summed E-state index contributed by atoms with van der Waals surface area (Å²) in [6.07, 6.45) is -2.39. The molecule has 6 nitrogen and oxygen atoms in total. The van der Waals surface area contributed by atoms with Crippen molar-refractivity contribution in [1.29, 1.82) is 0 Å². The van der Waals surface area contributed by atoms with E-state index < -0.39 is 22.1 Å². The minimum absolute atomic E-state index is 0.0607. The molecule has 0 heterocycles. The molecule has 154 valence electrons. The lowest BCUT2D eigenvalue weighted by atomic mass is 10.1. The van der Waals surface area contributed by atoms with Crippen LogP contribution in [0.4, 0.5) is 24.5 Å². The van der Waals surface area contributed by atoms with Crippen molar-refractivity contribution in [3.8, 4) is 0 Å². The van der Waals surface area contributed by atoms with Gasteiger partial charge in [-0.1, -0.05) is 18.2 Å². The summed E-state index contributed by atoms with van der Waals surface area (Å²) >= 11 is 0. The molecule has 0 unspecified atom stereocenters. The van der Waals surface area contributed by atoms with E-state index in [-0.39, 0.29) is 17.2 Å². The highest BCUT2D eigenvalue weighted by molar-refractivity contribution is 7.92. The van der Waals surface area contributed by atoms with Gasteiger partial charge in [-0.2, -0.15) is 13.2 Å². The fourth-order valence-corrected chi connectivity index (χ4v) is 2.78. The summed E-state index contributed by atoms with van der Waals surface area (Å²) in [6.45, 7) is 1.49. The number of rotatable bonds is 7. The molecule has 0 spiro atoms. The minimum atomic E-state index is -5.00. The second-order valence-electron chi connectivity index (χ2n) is 5.86. The number of sulfonamides is 1. The van der Waals surface area contributed by atoms with Crippen LogP contribution in [0, 0.1) is 0 Å². The maximum absolute atomic E-state index is 12.3. The van der Waals surface area contributed by atoms with Gasteiger partial charge in [0.1, 0.15) is 0 Å². The van der Waals surface area contributed by atoms with E-state index in [1.165, 1.54) is 61.5 Å². The molecule has 0 radical (unpaired) electrons. The van der Waals surface area contributed by atoms with Crippen LogP contribution >= 0.6 is 0 Å². The van der Waals surface area contributed by atoms with Crippen LogP contribution in [-0.4, -0.2) is 32.0 Å². The van der Waals surface area contributed by atoms with E-state index in [1.54, 1.807) is 11.4 Å². The van der Waals surface area contributed by atoms with Gasteiger partial charge in [0.05, 0.1) is 5.75 Å². The van der Waals surface area contributed by atoms with Crippen molar-refractivity contribution >= 4 is 39.2 Å². The second kappa shape index (κ2) is 8.91. The fraction of sp³-hybridized carbons (Fsp3) is 0.158. The van der Waals surface area contributed by atoms with Crippen LogP contribution < -0.4 is 10.0 Å². The van der Waals surface area contributed by atoms with Crippen molar-refractivity contribution in [3.05, 3.63) is 65.7 Å². The maximum Gasteiger partial charge on any atom is 0.471 e. The number of carbonyl (C=O) groups excluding carboxylic acids is 2. The minimum Gasteiger partial charge on any atom is -0.318 e. The Morgan fingerprint density at radius 2 is 1.69 bits per heavy atom. The normalized spacial score (nSPS) is 12.0. The number of amides is 1. The highest BCUT2D eigenvalue weighted by Gasteiger charge is 2.38. The Kier molecular flexibility index (Phi) is 6.80. The number of anilines is 2. The van der Waals surface area contributed by atoms with Crippen LogP contribution in [0.25, 0.3) is 6.08 Å².